The van der Waals surface area contributed by atoms with Gasteiger partial charge < -0.3 is 5.73 Å². The van der Waals surface area contributed by atoms with Crippen molar-refractivity contribution < 1.29 is 26.3 Å². The van der Waals surface area contributed by atoms with Crippen LogP contribution in [0.25, 0.3) is 0 Å². The van der Waals surface area contributed by atoms with E-state index < -0.39 is 30.4 Å². The number of nitrogens with zero attached hydrogens (tertiary/aromatic N) is 1. The van der Waals surface area contributed by atoms with Crippen molar-refractivity contribution in [2.75, 3.05) is 12.3 Å². The first kappa shape index (κ1) is 16.1. The lowest BCUT2D eigenvalue weighted by Gasteiger charge is -2.17. The van der Waals surface area contributed by atoms with Gasteiger partial charge in [0, 0.05) is 18.5 Å². The summed E-state index contributed by atoms with van der Waals surface area (Å²) in [5.41, 5.74) is 4.06. The molecule has 0 aliphatic heterocycles. The van der Waals surface area contributed by atoms with Gasteiger partial charge in [-0.3, -0.25) is 0 Å². The molecule has 0 fully saturated rings. The highest BCUT2D eigenvalue weighted by atomic mass is 32.2. The van der Waals surface area contributed by atoms with Crippen molar-refractivity contribution in [1.29, 1.82) is 0 Å². The third-order valence-electron chi connectivity index (χ3n) is 2.24. The van der Waals surface area contributed by atoms with E-state index in [9.17, 15) is 26.3 Å². The van der Waals surface area contributed by atoms with E-state index in [-0.39, 0.29) is 10.8 Å². The van der Waals surface area contributed by atoms with E-state index in [0.717, 1.165) is 23.9 Å². The zero-order valence-electron chi connectivity index (χ0n) is 9.42. The highest BCUT2D eigenvalue weighted by molar-refractivity contribution is 7.99. The zero-order chi connectivity index (χ0) is 14.7. The number of nitrogens with two attached hydrogens (primary N) is 1. The number of aromatic nitrogens is 1. The minimum absolute atomic E-state index is 0.0932. The summed E-state index contributed by atoms with van der Waals surface area (Å²) in [6, 6.07) is 1.82. The lowest BCUT2D eigenvalue weighted by molar-refractivity contribution is -0.165. The van der Waals surface area contributed by atoms with E-state index in [1.807, 2.05) is 0 Å². The molecule has 0 aliphatic carbocycles. The van der Waals surface area contributed by atoms with Crippen molar-refractivity contribution in [3.63, 3.8) is 0 Å². The number of rotatable bonds is 4. The molecule has 1 atom stereocenters. The van der Waals surface area contributed by atoms with Crippen LogP contribution in [-0.2, 0) is 6.18 Å². The van der Waals surface area contributed by atoms with Gasteiger partial charge in [0.2, 0.25) is 0 Å². The molecule has 1 unspecified atom stereocenters. The molecule has 1 aromatic heterocycles. The van der Waals surface area contributed by atoms with Crippen LogP contribution >= 0.6 is 11.8 Å². The van der Waals surface area contributed by atoms with Gasteiger partial charge in [0.15, 0.2) is 0 Å². The lowest BCUT2D eigenvalue weighted by atomic mass is 10.2. The second kappa shape index (κ2) is 6.00. The molecule has 108 valence electrons. The molecule has 0 aromatic carbocycles. The Morgan fingerprint density at radius 3 is 2.16 bits per heavy atom. The first-order chi connectivity index (χ1) is 8.64. The van der Waals surface area contributed by atoms with E-state index in [2.05, 4.69) is 4.98 Å². The Balaban J connectivity index is 2.64. The number of alkyl halides is 6. The van der Waals surface area contributed by atoms with Gasteiger partial charge in [0.1, 0.15) is 0 Å². The molecular formula is C10H10F6N2S. The fraction of sp³-hybridized carbons (Fsp3) is 0.500. The second-order valence-electron chi connectivity index (χ2n) is 3.67. The smallest absolute Gasteiger partial charge is 0.330 e. The topological polar surface area (TPSA) is 38.9 Å². The first-order valence-corrected chi connectivity index (χ1v) is 6.06. The Bertz CT molecular complexity index is 400. The quantitative estimate of drug-likeness (QED) is 0.685. The molecule has 0 bridgehead atoms. The van der Waals surface area contributed by atoms with Crippen LogP contribution in [0.3, 0.4) is 0 Å². The summed E-state index contributed by atoms with van der Waals surface area (Å²) in [6.07, 6.45) is -8.34. The van der Waals surface area contributed by atoms with E-state index in [1.165, 1.54) is 0 Å². The Morgan fingerprint density at radius 1 is 1.16 bits per heavy atom. The summed E-state index contributed by atoms with van der Waals surface area (Å²) in [5.74, 6) is -2.08. The molecule has 0 saturated carbocycles. The SMILES string of the molecule is NCC(CSc1ccc(C(F)(F)F)cn1)C(F)(F)F. The molecule has 0 aliphatic rings. The average Bonchev–Trinajstić information content (AvgIpc) is 2.27. The molecule has 1 aromatic rings. The summed E-state index contributed by atoms with van der Waals surface area (Å²) in [5, 5.41) is 0.0932. The predicted octanol–water partition coefficient (Wildman–Crippen LogP) is 3.33. The molecule has 0 spiro atoms. The van der Waals surface area contributed by atoms with Crippen molar-refractivity contribution >= 4 is 11.8 Å². The van der Waals surface area contributed by atoms with Gasteiger partial charge in [-0.1, -0.05) is 0 Å². The van der Waals surface area contributed by atoms with Crippen molar-refractivity contribution in [1.82, 2.24) is 4.98 Å². The summed E-state index contributed by atoms with van der Waals surface area (Å²) >= 11 is 0.721. The lowest BCUT2D eigenvalue weighted by Crippen LogP contribution is -2.32. The predicted molar refractivity (Wildman–Crippen MR) is 58.6 cm³/mol. The molecule has 9 heteroatoms. The Hall–Kier alpha value is -0.960. The maximum absolute atomic E-state index is 12.4. The third kappa shape index (κ3) is 4.90. The monoisotopic (exact) mass is 304 g/mol. The highest BCUT2D eigenvalue weighted by Gasteiger charge is 2.38. The minimum atomic E-state index is -4.51. The maximum Gasteiger partial charge on any atom is 0.417 e. The van der Waals surface area contributed by atoms with Crippen molar-refractivity contribution in [3.8, 4) is 0 Å². The van der Waals surface area contributed by atoms with Crippen molar-refractivity contribution in [2.24, 2.45) is 11.7 Å². The van der Waals surface area contributed by atoms with Crippen LogP contribution in [0.15, 0.2) is 23.4 Å². The van der Waals surface area contributed by atoms with Gasteiger partial charge in [-0.05, 0) is 12.1 Å². The third-order valence-corrected chi connectivity index (χ3v) is 3.35. The minimum Gasteiger partial charge on any atom is -0.330 e. The van der Waals surface area contributed by atoms with Crippen molar-refractivity contribution in [2.45, 2.75) is 17.4 Å². The number of pyridine rings is 1. The molecule has 1 heterocycles. The molecule has 2 nitrogen and oxygen atoms in total. The molecule has 0 amide bonds. The van der Waals surface area contributed by atoms with Crippen LogP contribution in [-0.4, -0.2) is 23.5 Å². The number of halogens is 6. The van der Waals surface area contributed by atoms with Crippen LogP contribution in [0.1, 0.15) is 5.56 Å². The number of thioether (sulfide) groups is 1. The van der Waals surface area contributed by atoms with Crippen LogP contribution in [0.2, 0.25) is 0 Å². The van der Waals surface area contributed by atoms with Gasteiger partial charge in [-0.25, -0.2) is 4.98 Å². The zero-order valence-corrected chi connectivity index (χ0v) is 10.2. The highest BCUT2D eigenvalue weighted by Crippen LogP contribution is 2.32. The summed E-state index contributed by atoms with van der Waals surface area (Å²) in [4.78, 5) is 3.47. The summed E-state index contributed by atoms with van der Waals surface area (Å²) < 4.78 is 73.8. The van der Waals surface area contributed by atoms with E-state index in [1.54, 1.807) is 0 Å². The second-order valence-corrected chi connectivity index (χ2v) is 4.71. The van der Waals surface area contributed by atoms with Crippen LogP contribution in [0.4, 0.5) is 26.3 Å². The van der Waals surface area contributed by atoms with Gasteiger partial charge in [-0.15, -0.1) is 11.8 Å². The molecule has 0 radical (unpaired) electrons. The Kier molecular flexibility index (Phi) is 5.08. The fourth-order valence-corrected chi connectivity index (χ4v) is 2.10. The van der Waals surface area contributed by atoms with Gasteiger partial charge in [-0.2, -0.15) is 26.3 Å². The van der Waals surface area contributed by atoms with Gasteiger partial charge in [0.05, 0.1) is 16.5 Å². The normalized spacial score (nSPS) is 14.5. The van der Waals surface area contributed by atoms with E-state index in [0.29, 0.717) is 6.20 Å². The molecule has 19 heavy (non-hydrogen) atoms. The number of hydrogen-bond donors (Lipinski definition) is 1. The van der Waals surface area contributed by atoms with Gasteiger partial charge in [0.25, 0.3) is 0 Å². The van der Waals surface area contributed by atoms with Crippen LogP contribution < -0.4 is 5.73 Å². The number of hydrogen-bond acceptors (Lipinski definition) is 3. The van der Waals surface area contributed by atoms with E-state index >= 15 is 0 Å². The average molecular weight is 304 g/mol. The molecular weight excluding hydrogens is 294 g/mol. The first-order valence-electron chi connectivity index (χ1n) is 5.07. The largest absolute Gasteiger partial charge is 0.417 e. The molecule has 2 N–H and O–H groups in total. The van der Waals surface area contributed by atoms with E-state index in [4.69, 9.17) is 5.73 Å². The molecule has 1 rings (SSSR count). The maximum atomic E-state index is 12.4. The van der Waals surface area contributed by atoms with Crippen LogP contribution in [0, 0.1) is 5.92 Å². The van der Waals surface area contributed by atoms with Gasteiger partial charge >= 0.3 is 12.4 Å². The Morgan fingerprint density at radius 2 is 1.79 bits per heavy atom. The summed E-state index contributed by atoms with van der Waals surface area (Å²) in [6.45, 7) is -0.572. The fourth-order valence-electron chi connectivity index (χ4n) is 1.12. The van der Waals surface area contributed by atoms with Crippen molar-refractivity contribution in [3.05, 3.63) is 23.9 Å². The molecule has 0 saturated heterocycles. The standard InChI is InChI=1S/C10H10F6N2S/c11-9(12,13)6-1-2-8(18-4-6)19-5-7(3-17)10(14,15)16/h1-2,4,7H,3,5,17H2. The van der Waals surface area contributed by atoms with Crippen LogP contribution in [0.5, 0.6) is 0 Å². The summed E-state index contributed by atoms with van der Waals surface area (Å²) in [7, 11) is 0. The Labute approximate surface area is 109 Å².